The van der Waals surface area contributed by atoms with Gasteiger partial charge in [0.1, 0.15) is 12.3 Å². The molecule has 0 saturated carbocycles. The third kappa shape index (κ3) is 6.68. The molecule has 0 aliphatic carbocycles. The number of amides is 2. The van der Waals surface area contributed by atoms with Gasteiger partial charge in [0.25, 0.3) is 11.8 Å². The molecule has 0 heterocycles. The fourth-order valence-corrected chi connectivity index (χ4v) is 1.66. The maximum atomic E-state index is 11.9. The average molecular weight is 336 g/mol. The Morgan fingerprint density at radius 1 is 1.08 bits per heavy atom. The quantitative estimate of drug-likeness (QED) is 0.694. The van der Waals surface area contributed by atoms with Crippen molar-refractivity contribution in [2.45, 2.75) is 26.8 Å². The largest absolute Gasteiger partial charge is 0.497 e. The molecule has 2 N–H and O–H groups in total. The highest BCUT2D eigenvalue weighted by Gasteiger charge is 2.13. The van der Waals surface area contributed by atoms with Gasteiger partial charge in [0, 0.05) is 11.6 Å². The van der Waals surface area contributed by atoms with Crippen LogP contribution in [0.15, 0.2) is 24.3 Å². The number of methoxy groups -OCH3 is 1. The highest BCUT2D eigenvalue weighted by Crippen LogP contribution is 2.10. The second kappa shape index (κ2) is 9.54. The molecule has 0 aromatic heterocycles. The first kappa shape index (κ1) is 19.5. The molecule has 132 valence electrons. The van der Waals surface area contributed by atoms with Crippen LogP contribution in [0, 0.1) is 5.92 Å². The lowest BCUT2D eigenvalue weighted by atomic mass is 10.1. The van der Waals surface area contributed by atoms with Gasteiger partial charge >= 0.3 is 5.97 Å². The monoisotopic (exact) mass is 336 g/mol. The van der Waals surface area contributed by atoms with Crippen LogP contribution in [0.1, 0.15) is 31.1 Å². The molecule has 0 radical (unpaired) electrons. The van der Waals surface area contributed by atoms with E-state index in [1.54, 1.807) is 24.3 Å². The van der Waals surface area contributed by atoms with E-state index >= 15 is 0 Å². The van der Waals surface area contributed by atoms with Gasteiger partial charge in [-0.15, -0.1) is 0 Å². The lowest BCUT2D eigenvalue weighted by molar-refractivity contribution is -0.147. The van der Waals surface area contributed by atoms with Crippen molar-refractivity contribution in [2.24, 2.45) is 5.92 Å². The minimum atomic E-state index is -0.677. The van der Waals surface area contributed by atoms with Crippen LogP contribution in [0.25, 0.3) is 0 Å². The summed E-state index contributed by atoms with van der Waals surface area (Å²) < 4.78 is 9.82. The van der Waals surface area contributed by atoms with Crippen molar-refractivity contribution in [2.75, 3.05) is 20.3 Å². The molecule has 0 aliphatic rings. The molecule has 0 fully saturated rings. The average Bonchev–Trinajstić information content (AvgIpc) is 2.57. The number of nitrogens with one attached hydrogen (secondary N) is 2. The first-order valence-corrected chi connectivity index (χ1v) is 7.70. The van der Waals surface area contributed by atoms with E-state index in [0.717, 1.165) is 0 Å². The smallest absolute Gasteiger partial charge is 0.325 e. The van der Waals surface area contributed by atoms with Crippen LogP contribution in [-0.4, -0.2) is 44.1 Å². The van der Waals surface area contributed by atoms with E-state index in [2.05, 4.69) is 10.6 Å². The molecule has 7 heteroatoms. The van der Waals surface area contributed by atoms with Crippen LogP contribution < -0.4 is 15.4 Å². The normalized spacial score (nSPS) is 11.5. The SMILES string of the molecule is COc1ccc(C(=O)NCC(=O)OCC(=O)NC(C)C(C)C)cc1. The number of carbonyl (C=O) groups excluding carboxylic acids is 3. The Labute approximate surface area is 141 Å². The van der Waals surface area contributed by atoms with Gasteiger partial charge in [-0.3, -0.25) is 14.4 Å². The lowest BCUT2D eigenvalue weighted by Crippen LogP contribution is -2.39. The molecule has 24 heavy (non-hydrogen) atoms. The minimum Gasteiger partial charge on any atom is -0.497 e. The molecule has 0 aliphatic heterocycles. The summed E-state index contributed by atoms with van der Waals surface area (Å²) in [5, 5.41) is 5.15. The number of esters is 1. The van der Waals surface area contributed by atoms with E-state index in [-0.39, 0.29) is 31.0 Å². The number of rotatable bonds is 8. The highest BCUT2D eigenvalue weighted by molar-refractivity contribution is 5.96. The van der Waals surface area contributed by atoms with Gasteiger partial charge < -0.3 is 20.1 Å². The minimum absolute atomic E-state index is 0.00835. The number of ether oxygens (including phenoxy) is 2. The van der Waals surface area contributed by atoms with Crippen LogP contribution in [0.5, 0.6) is 5.75 Å². The van der Waals surface area contributed by atoms with Crippen LogP contribution in [0.4, 0.5) is 0 Å². The van der Waals surface area contributed by atoms with E-state index in [0.29, 0.717) is 11.3 Å². The summed E-state index contributed by atoms with van der Waals surface area (Å²) in [6.07, 6.45) is 0. The Hall–Kier alpha value is -2.57. The predicted octanol–water partition coefficient (Wildman–Crippen LogP) is 1.13. The molecule has 1 atom stereocenters. The fourth-order valence-electron chi connectivity index (χ4n) is 1.66. The van der Waals surface area contributed by atoms with Gasteiger partial charge in [-0.2, -0.15) is 0 Å². The summed E-state index contributed by atoms with van der Waals surface area (Å²) in [7, 11) is 1.53. The molecular formula is C17H24N2O5. The number of hydrogen-bond donors (Lipinski definition) is 2. The fraction of sp³-hybridized carbons (Fsp3) is 0.471. The summed E-state index contributed by atoms with van der Waals surface area (Å²) >= 11 is 0. The van der Waals surface area contributed by atoms with E-state index in [9.17, 15) is 14.4 Å². The van der Waals surface area contributed by atoms with Crippen molar-refractivity contribution < 1.29 is 23.9 Å². The van der Waals surface area contributed by atoms with E-state index < -0.39 is 11.9 Å². The molecule has 0 saturated heterocycles. The number of carbonyl (C=O) groups is 3. The molecule has 1 aromatic carbocycles. The number of hydrogen-bond acceptors (Lipinski definition) is 5. The van der Waals surface area contributed by atoms with E-state index in [4.69, 9.17) is 9.47 Å². The van der Waals surface area contributed by atoms with Gasteiger partial charge in [0.2, 0.25) is 0 Å². The summed E-state index contributed by atoms with van der Waals surface area (Å²) in [6.45, 7) is 5.16. The van der Waals surface area contributed by atoms with Gasteiger partial charge in [0.15, 0.2) is 6.61 Å². The van der Waals surface area contributed by atoms with Crippen molar-refractivity contribution >= 4 is 17.8 Å². The second-order valence-electron chi connectivity index (χ2n) is 5.67. The Kier molecular flexibility index (Phi) is 7.74. The van der Waals surface area contributed by atoms with Gasteiger partial charge in [0.05, 0.1) is 7.11 Å². The summed E-state index contributed by atoms with van der Waals surface area (Å²) in [5.41, 5.74) is 0.395. The Balaban J connectivity index is 2.32. The lowest BCUT2D eigenvalue weighted by Gasteiger charge is -2.17. The van der Waals surface area contributed by atoms with Crippen molar-refractivity contribution in [1.29, 1.82) is 0 Å². The maximum Gasteiger partial charge on any atom is 0.325 e. The molecule has 0 spiro atoms. The summed E-state index contributed by atoms with van der Waals surface area (Å²) in [6, 6.07) is 6.45. The zero-order chi connectivity index (χ0) is 18.1. The van der Waals surface area contributed by atoms with Gasteiger partial charge in [-0.25, -0.2) is 0 Å². The summed E-state index contributed by atoms with van der Waals surface area (Å²) in [4.78, 5) is 35.0. The first-order valence-electron chi connectivity index (χ1n) is 7.70. The molecule has 1 aromatic rings. The van der Waals surface area contributed by atoms with Crippen LogP contribution >= 0.6 is 0 Å². The second-order valence-corrected chi connectivity index (χ2v) is 5.67. The van der Waals surface area contributed by atoms with Crippen molar-refractivity contribution in [3.05, 3.63) is 29.8 Å². The van der Waals surface area contributed by atoms with Crippen LogP contribution in [0.3, 0.4) is 0 Å². The molecular weight excluding hydrogens is 312 g/mol. The molecule has 0 bridgehead atoms. The Bertz CT molecular complexity index is 569. The Morgan fingerprint density at radius 2 is 1.71 bits per heavy atom. The van der Waals surface area contributed by atoms with Crippen molar-refractivity contribution in [1.82, 2.24) is 10.6 Å². The number of benzene rings is 1. The van der Waals surface area contributed by atoms with Gasteiger partial charge in [-0.1, -0.05) is 13.8 Å². The van der Waals surface area contributed by atoms with Crippen molar-refractivity contribution in [3.8, 4) is 5.75 Å². The highest BCUT2D eigenvalue weighted by atomic mass is 16.5. The Morgan fingerprint density at radius 3 is 2.25 bits per heavy atom. The zero-order valence-electron chi connectivity index (χ0n) is 14.4. The first-order chi connectivity index (χ1) is 11.3. The zero-order valence-corrected chi connectivity index (χ0v) is 14.4. The standard InChI is InChI=1S/C17H24N2O5/c1-11(2)12(3)19-15(20)10-24-16(21)9-18-17(22)13-5-7-14(23-4)8-6-13/h5-8,11-12H,9-10H2,1-4H3,(H,18,22)(H,19,20). The van der Waals surface area contributed by atoms with Crippen LogP contribution in [0.2, 0.25) is 0 Å². The van der Waals surface area contributed by atoms with E-state index in [1.807, 2.05) is 20.8 Å². The van der Waals surface area contributed by atoms with Crippen LogP contribution in [-0.2, 0) is 14.3 Å². The van der Waals surface area contributed by atoms with E-state index in [1.165, 1.54) is 7.11 Å². The molecule has 2 amide bonds. The predicted molar refractivity (Wildman–Crippen MR) is 88.7 cm³/mol. The van der Waals surface area contributed by atoms with Gasteiger partial charge in [-0.05, 0) is 37.1 Å². The maximum absolute atomic E-state index is 11.9. The molecule has 1 unspecified atom stereocenters. The summed E-state index contributed by atoms with van der Waals surface area (Å²) in [5.74, 6) is -0.538. The molecule has 1 rings (SSSR count). The topological polar surface area (TPSA) is 93.7 Å². The third-order valence-corrected chi connectivity index (χ3v) is 3.50. The van der Waals surface area contributed by atoms with Crippen molar-refractivity contribution in [3.63, 3.8) is 0 Å². The third-order valence-electron chi connectivity index (χ3n) is 3.50. The molecule has 7 nitrogen and oxygen atoms in total.